The fourth-order valence-corrected chi connectivity index (χ4v) is 0.129. The first-order chi connectivity index (χ1) is 2.50. The molecule has 1 N–H and O–H groups in total. The molecule has 0 unspecified atom stereocenters. The van der Waals surface area contributed by atoms with Crippen molar-refractivity contribution in [1.82, 2.24) is 20.6 Å². The zero-order valence-corrected chi connectivity index (χ0v) is 6.54. The minimum Gasteiger partial charge on any atom is -1.00 e. The molecule has 0 aliphatic heterocycles. The molecule has 0 aliphatic carbocycles. The van der Waals surface area contributed by atoms with Crippen molar-refractivity contribution in [3.63, 3.8) is 0 Å². The monoisotopic (exact) mass is 110 g/mol. The van der Waals surface area contributed by atoms with E-state index >= 15 is 0 Å². The van der Waals surface area contributed by atoms with Crippen molar-refractivity contribution in [2.75, 3.05) is 0 Å². The summed E-state index contributed by atoms with van der Waals surface area (Å²) < 4.78 is 0. The van der Waals surface area contributed by atoms with Crippen molar-refractivity contribution in [2.45, 2.75) is 0 Å². The van der Waals surface area contributed by atoms with Crippen molar-refractivity contribution in [3.05, 3.63) is 6.33 Å². The first kappa shape index (κ1) is 6.71. The average Bonchev–Trinajstić information content (AvgIpc) is 1.76. The van der Waals surface area contributed by atoms with Gasteiger partial charge in [0.05, 0.1) is 0 Å². The largest absolute Gasteiger partial charge is 1.00 e. The summed E-state index contributed by atoms with van der Waals surface area (Å²) in [4.78, 5) is 0. The van der Waals surface area contributed by atoms with Gasteiger partial charge in [0.2, 0.25) is 0 Å². The summed E-state index contributed by atoms with van der Waals surface area (Å²) in [7, 11) is 0. The van der Waals surface area contributed by atoms with Gasteiger partial charge in [-0.3, -0.25) is 0 Å². The Morgan fingerprint density at radius 2 is 2.50 bits per heavy atom. The molecule has 0 radical (unpaired) electrons. The van der Waals surface area contributed by atoms with Gasteiger partial charge in [0.25, 0.3) is 0 Å². The molecule has 0 amide bonds. The molecular weight excluding hydrogens is 107 g/mol. The number of nitrogens with zero attached hydrogens (tertiary/aromatic N) is 3. The summed E-state index contributed by atoms with van der Waals surface area (Å²) in [6.45, 7) is 0. The first-order valence-corrected chi connectivity index (χ1v) is 1.16. The minimum absolute atomic E-state index is 0. The van der Waals surface area contributed by atoms with E-state index in [4.69, 9.17) is 0 Å². The molecule has 1 aromatic rings. The molecule has 0 saturated heterocycles. The Morgan fingerprint density at radius 3 is 2.67 bits per heavy atom. The van der Waals surface area contributed by atoms with E-state index in [0.29, 0.717) is 0 Å². The molecule has 28 valence electrons. The van der Waals surface area contributed by atoms with Crippen LogP contribution in [0.2, 0.25) is 0 Å². The molecule has 1 rings (SSSR count). The second-order valence-electron chi connectivity index (χ2n) is 0.560. The number of nitrogens with one attached hydrogen (secondary N) is 1. The maximum Gasteiger partial charge on any atom is 1.00 e. The topological polar surface area (TPSA) is 54.5 Å². The van der Waals surface area contributed by atoms with Crippen molar-refractivity contribution in [3.8, 4) is 0 Å². The molecule has 0 bridgehead atoms. The Hall–Kier alpha value is 0.706. The first-order valence-electron chi connectivity index (χ1n) is 1.16. The maximum atomic E-state index is 3.38. The Kier molecular flexibility index (Phi) is 4.34. The van der Waals surface area contributed by atoms with Gasteiger partial charge >= 0.3 is 51.4 Å². The van der Waals surface area contributed by atoms with Crippen LogP contribution in [0.15, 0.2) is 6.33 Å². The Bertz CT molecular complexity index is 68.2. The van der Waals surface area contributed by atoms with Gasteiger partial charge in [-0.15, -0.1) is 10.2 Å². The zero-order chi connectivity index (χ0) is 3.54. The van der Waals surface area contributed by atoms with E-state index in [-0.39, 0.29) is 52.8 Å². The third-order valence-electron chi connectivity index (χ3n) is 0.270. The Balaban J connectivity index is 0. The fraction of sp³-hybridized carbons (Fsp3) is 0. The molecule has 0 aliphatic rings. The third kappa shape index (κ3) is 1.99. The van der Waals surface area contributed by atoms with Crippen LogP contribution in [-0.2, 0) is 0 Å². The minimum atomic E-state index is 0. The Morgan fingerprint density at radius 1 is 1.67 bits per heavy atom. The van der Waals surface area contributed by atoms with Crippen LogP contribution in [0.1, 0.15) is 1.43 Å². The van der Waals surface area contributed by atoms with Crippen LogP contribution < -0.4 is 51.4 Å². The van der Waals surface area contributed by atoms with Crippen LogP contribution in [0.5, 0.6) is 0 Å². The van der Waals surface area contributed by atoms with E-state index in [1.807, 2.05) is 0 Å². The average molecular weight is 110 g/mol. The van der Waals surface area contributed by atoms with Crippen molar-refractivity contribution >= 4 is 0 Å². The zero-order valence-electron chi connectivity index (χ0n) is 4.42. The number of tetrazole rings is 1. The molecule has 6 heavy (non-hydrogen) atoms. The number of aromatic nitrogens is 4. The van der Waals surface area contributed by atoms with Gasteiger partial charge in [0.1, 0.15) is 0 Å². The summed E-state index contributed by atoms with van der Waals surface area (Å²) in [5.74, 6) is 0. The fourth-order valence-electron chi connectivity index (χ4n) is 0.129. The van der Waals surface area contributed by atoms with E-state index in [9.17, 15) is 0 Å². The van der Waals surface area contributed by atoms with Crippen molar-refractivity contribution in [1.29, 1.82) is 0 Å². The quantitative estimate of drug-likeness (QED) is 0.350. The van der Waals surface area contributed by atoms with Gasteiger partial charge in [0, 0.05) is 0 Å². The second-order valence-corrected chi connectivity index (χ2v) is 0.560. The molecule has 1 aromatic heterocycles. The third-order valence-corrected chi connectivity index (χ3v) is 0.270. The van der Waals surface area contributed by atoms with Crippen LogP contribution in [0.3, 0.4) is 0 Å². The normalized spacial score (nSPS) is 6.67. The van der Waals surface area contributed by atoms with Crippen LogP contribution in [-0.4, -0.2) is 20.6 Å². The van der Waals surface area contributed by atoms with Crippen LogP contribution in [0, 0.1) is 0 Å². The van der Waals surface area contributed by atoms with Gasteiger partial charge in [-0.2, -0.15) is 5.21 Å². The number of H-pyrrole nitrogens is 1. The number of aromatic amines is 1. The number of hydrogen-bond acceptors (Lipinski definition) is 3. The summed E-state index contributed by atoms with van der Waals surface area (Å²) in [5, 5.41) is 12.2. The van der Waals surface area contributed by atoms with E-state index < -0.39 is 0 Å². The predicted molar refractivity (Wildman–Crippen MR) is 15.3 cm³/mol. The molecular formula is CH3KN4. The SMILES string of the molecule is [H-].[K+].c1nn[nH]n1. The van der Waals surface area contributed by atoms with Crippen LogP contribution in [0.4, 0.5) is 0 Å². The molecule has 5 heteroatoms. The molecule has 1 heterocycles. The van der Waals surface area contributed by atoms with E-state index in [1.54, 1.807) is 0 Å². The summed E-state index contributed by atoms with van der Waals surface area (Å²) in [5.41, 5.74) is 0. The van der Waals surface area contributed by atoms with Gasteiger partial charge in [-0.1, -0.05) is 5.21 Å². The van der Waals surface area contributed by atoms with Gasteiger partial charge in [-0.25, -0.2) is 0 Å². The van der Waals surface area contributed by atoms with Crippen molar-refractivity contribution < 1.29 is 52.8 Å². The number of hydrogen-bond donors (Lipinski definition) is 1. The van der Waals surface area contributed by atoms with E-state index in [2.05, 4.69) is 20.6 Å². The Labute approximate surface area is 78.6 Å². The molecule has 0 saturated carbocycles. The summed E-state index contributed by atoms with van der Waals surface area (Å²) in [6.07, 6.45) is 1.33. The smallest absolute Gasteiger partial charge is 1.00 e. The van der Waals surface area contributed by atoms with Gasteiger partial charge in [0.15, 0.2) is 6.33 Å². The standard InChI is InChI=1S/CH2N4.K.H/c1-2-4-5-3-1;;/h1H,(H,2,3,4,5);;/q;+1;-1. The molecule has 0 atom stereocenters. The summed E-state index contributed by atoms with van der Waals surface area (Å²) in [6, 6.07) is 0. The van der Waals surface area contributed by atoms with Gasteiger partial charge in [-0.05, 0) is 0 Å². The summed E-state index contributed by atoms with van der Waals surface area (Å²) >= 11 is 0. The van der Waals surface area contributed by atoms with Crippen molar-refractivity contribution in [2.24, 2.45) is 0 Å². The van der Waals surface area contributed by atoms with Crippen LogP contribution >= 0.6 is 0 Å². The predicted octanol–water partition coefficient (Wildman–Crippen LogP) is -3.68. The van der Waals surface area contributed by atoms with E-state index in [0.717, 1.165) is 0 Å². The van der Waals surface area contributed by atoms with E-state index in [1.165, 1.54) is 6.33 Å². The molecule has 0 aromatic carbocycles. The molecule has 0 spiro atoms. The van der Waals surface area contributed by atoms with Gasteiger partial charge < -0.3 is 1.43 Å². The molecule has 0 fully saturated rings. The molecule has 4 nitrogen and oxygen atoms in total. The maximum absolute atomic E-state index is 3.38. The van der Waals surface area contributed by atoms with Crippen LogP contribution in [0.25, 0.3) is 0 Å². The number of rotatable bonds is 0. The second kappa shape index (κ2) is 3.88.